The highest BCUT2D eigenvalue weighted by Gasteiger charge is 2.57. The van der Waals surface area contributed by atoms with Crippen molar-refractivity contribution in [3.05, 3.63) is 83.9 Å². The van der Waals surface area contributed by atoms with E-state index in [0.29, 0.717) is 0 Å². The Morgan fingerprint density at radius 3 is 2.39 bits per heavy atom. The third kappa shape index (κ3) is 3.20. The summed E-state index contributed by atoms with van der Waals surface area (Å²) in [7, 11) is 0. The van der Waals surface area contributed by atoms with Crippen molar-refractivity contribution >= 4 is 16.7 Å². The second-order valence-corrected chi connectivity index (χ2v) is 8.33. The van der Waals surface area contributed by atoms with Gasteiger partial charge in [0.05, 0.1) is 6.04 Å². The molecule has 1 heterocycles. The van der Waals surface area contributed by atoms with Gasteiger partial charge in [0, 0.05) is 5.92 Å². The number of carbonyl (C=O) groups is 1. The molecule has 3 nitrogen and oxygen atoms in total. The molecular formula is C25H26N2O. The van der Waals surface area contributed by atoms with Gasteiger partial charge in [0.25, 0.3) is 0 Å². The molecule has 2 unspecified atom stereocenters. The lowest BCUT2D eigenvalue weighted by Crippen LogP contribution is -2.35. The van der Waals surface area contributed by atoms with E-state index in [1.165, 1.54) is 10.8 Å². The average Bonchev–Trinajstić information content (AvgIpc) is 3.45. The highest BCUT2D eigenvalue weighted by atomic mass is 16.2. The number of piperidine rings is 1. The maximum absolute atomic E-state index is 13.2. The fourth-order valence-electron chi connectivity index (χ4n) is 4.83. The number of carbonyl (C=O) groups excluding carboxylic acids is 1. The monoisotopic (exact) mass is 370 g/mol. The molecule has 1 amide bonds. The minimum atomic E-state index is -0.113. The van der Waals surface area contributed by atoms with Gasteiger partial charge in [0.15, 0.2) is 0 Å². The second-order valence-electron chi connectivity index (χ2n) is 8.33. The zero-order valence-corrected chi connectivity index (χ0v) is 16.0. The van der Waals surface area contributed by atoms with Gasteiger partial charge in [-0.2, -0.15) is 0 Å². The van der Waals surface area contributed by atoms with E-state index in [2.05, 4.69) is 65.2 Å². The molecule has 5 rings (SSSR count). The van der Waals surface area contributed by atoms with E-state index in [4.69, 9.17) is 0 Å². The molecule has 2 fully saturated rings. The maximum atomic E-state index is 13.2. The van der Waals surface area contributed by atoms with Crippen LogP contribution in [0.1, 0.15) is 36.4 Å². The molecule has 1 aliphatic carbocycles. The summed E-state index contributed by atoms with van der Waals surface area (Å²) in [6.45, 7) is 2.08. The average molecular weight is 370 g/mol. The van der Waals surface area contributed by atoms with Gasteiger partial charge in [-0.05, 0) is 65.7 Å². The highest BCUT2D eigenvalue weighted by Crippen LogP contribution is 2.58. The van der Waals surface area contributed by atoms with Crippen molar-refractivity contribution in [1.82, 2.24) is 10.6 Å². The topological polar surface area (TPSA) is 41.1 Å². The molecule has 3 aromatic carbocycles. The number of benzene rings is 3. The molecule has 1 saturated carbocycles. The second kappa shape index (κ2) is 7.06. The van der Waals surface area contributed by atoms with Crippen LogP contribution >= 0.6 is 0 Å². The third-order valence-corrected chi connectivity index (χ3v) is 6.63. The van der Waals surface area contributed by atoms with Gasteiger partial charge in [-0.1, -0.05) is 66.7 Å². The van der Waals surface area contributed by atoms with Gasteiger partial charge in [-0.15, -0.1) is 0 Å². The van der Waals surface area contributed by atoms with Gasteiger partial charge in [-0.25, -0.2) is 0 Å². The molecule has 3 aromatic rings. The SMILES string of the molecule is O=C(NC(c1ccccc1)c1ccc2ccccc2c1)C1CC12CCNCC2. The number of hydrogen-bond acceptors (Lipinski definition) is 2. The summed E-state index contributed by atoms with van der Waals surface area (Å²) in [4.78, 5) is 13.2. The smallest absolute Gasteiger partial charge is 0.224 e. The largest absolute Gasteiger partial charge is 0.345 e. The van der Waals surface area contributed by atoms with E-state index < -0.39 is 0 Å². The summed E-state index contributed by atoms with van der Waals surface area (Å²) < 4.78 is 0. The molecule has 2 N–H and O–H groups in total. The molecule has 0 bridgehead atoms. The maximum Gasteiger partial charge on any atom is 0.224 e. The quantitative estimate of drug-likeness (QED) is 0.713. The summed E-state index contributed by atoms with van der Waals surface area (Å²) in [5, 5.41) is 9.23. The number of fused-ring (bicyclic) bond motifs is 1. The van der Waals surface area contributed by atoms with Crippen molar-refractivity contribution in [1.29, 1.82) is 0 Å². The van der Waals surface area contributed by atoms with Crippen LogP contribution in [0.15, 0.2) is 72.8 Å². The fraction of sp³-hybridized carbons (Fsp3) is 0.320. The summed E-state index contributed by atoms with van der Waals surface area (Å²) in [5.41, 5.74) is 2.52. The van der Waals surface area contributed by atoms with E-state index in [9.17, 15) is 4.79 Å². The van der Waals surface area contributed by atoms with Gasteiger partial charge in [0.1, 0.15) is 0 Å². The predicted octanol–water partition coefficient (Wildman–Crippen LogP) is 4.44. The van der Waals surface area contributed by atoms with Crippen molar-refractivity contribution in [3.8, 4) is 0 Å². The van der Waals surface area contributed by atoms with E-state index in [1.54, 1.807) is 0 Å². The summed E-state index contributed by atoms with van der Waals surface area (Å²) in [6.07, 6.45) is 3.29. The van der Waals surface area contributed by atoms with Gasteiger partial charge in [-0.3, -0.25) is 4.79 Å². The summed E-state index contributed by atoms with van der Waals surface area (Å²) >= 11 is 0. The van der Waals surface area contributed by atoms with Crippen molar-refractivity contribution < 1.29 is 4.79 Å². The minimum Gasteiger partial charge on any atom is -0.345 e. The third-order valence-electron chi connectivity index (χ3n) is 6.63. The Bertz CT molecular complexity index is 992. The molecule has 3 heteroatoms. The van der Waals surface area contributed by atoms with Crippen LogP contribution in [-0.4, -0.2) is 19.0 Å². The van der Waals surface area contributed by atoms with Crippen LogP contribution < -0.4 is 10.6 Å². The molecule has 0 aromatic heterocycles. The Kier molecular flexibility index (Phi) is 4.40. The Morgan fingerprint density at radius 1 is 0.893 bits per heavy atom. The summed E-state index contributed by atoms with van der Waals surface area (Å²) in [5.74, 6) is 0.380. The minimum absolute atomic E-state index is 0.113. The zero-order valence-electron chi connectivity index (χ0n) is 16.0. The summed E-state index contributed by atoms with van der Waals surface area (Å²) in [6, 6.07) is 25.1. The van der Waals surface area contributed by atoms with Crippen molar-refractivity contribution in [2.24, 2.45) is 11.3 Å². The number of nitrogens with one attached hydrogen (secondary N) is 2. The van der Waals surface area contributed by atoms with Crippen LogP contribution in [0.5, 0.6) is 0 Å². The van der Waals surface area contributed by atoms with Crippen LogP contribution in [-0.2, 0) is 4.79 Å². The highest BCUT2D eigenvalue weighted by molar-refractivity contribution is 5.85. The lowest BCUT2D eigenvalue weighted by Gasteiger charge is -2.25. The molecule has 1 aliphatic heterocycles. The Balaban J connectivity index is 1.44. The van der Waals surface area contributed by atoms with Crippen molar-refractivity contribution in [2.45, 2.75) is 25.3 Å². The van der Waals surface area contributed by atoms with Gasteiger partial charge >= 0.3 is 0 Å². The van der Waals surface area contributed by atoms with Crippen LogP contribution in [0, 0.1) is 11.3 Å². The van der Waals surface area contributed by atoms with E-state index in [1.807, 2.05) is 18.2 Å². The lowest BCUT2D eigenvalue weighted by atomic mass is 9.91. The first-order valence-electron chi connectivity index (χ1n) is 10.3. The van der Waals surface area contributed by atoms with E-state index in [0.717, 1.165) is 43.5 Å². The first-order chi connectivity index (χ1) is 13.8. The van der Waals surface area contributed by atoms with Crippen LogP contribution in [0.3, 0.4) is 0 Å². The molecule has 1 saturated heterocycles. The van der Waals surface area contributed by atoms with Crippen LogP contribution in [0.2, 0.25) is 0 Å². The lowest BCUT2D eigenvalue weighted by molar-refractivity contribution is -0.123. The number of rotatable bonds is 4. The molecular weight excluding hydrogens is 344 g/mol. The first kappa shape index (κ1) is 17.4. The Hall–Kier alpha value is -2.65. The molecule has 1 spiro atoms. The van der Waals surface area contributed by atoms with Crippen LogP contribution in [0.4, 0.5) is 0 Å². The van der Waals surface area contributed by atoms with Gasteiger partial charge in [0.2, 0.25) is 5.91 Å². The van der Waals surface area contributed by atoms with Crippen LogP contribution in [0.25, 0.3) is 10.8 Å². The molecule has 0 radical (unpaired) electrons. The molecule has 2 aliphatic rings. The van der Waals surface area contributed by atoms with Gasteiger partial charge < -0.3 is 10.6 Å². The van der Waals surface area contributed by atoms with Crippen molar-refractivity contribution in [3.63, 3.8) is 0 Å². The zero-order chi connectivity index (χ0) is 19.0. The number of amides is 1. The Morgan fingerprint density at radius 2 is 1.61 bits per heavy atom. The molecule has 28 heavy (non-hydrogen) atoms. The first-order valence-corrected chi connectivity index (χ1v) is 10.3. The van der Waals surface area contributed by atoms with Crippen molar-refractivity contribution in [2.75, 3.05) is 13.1 Å². The normalized spacial score (nSPS) is 21.4. The molecule has 142 valence electrons. The fourth-order valence-corrected chi connectivity index (χ4v) is 4.83. The number of hydrogen-bond donors (Lipinski definition) is 2. The predicted molar refractivity (Wildman–Crippen MR) is 113 cm³/mol. The standard InChI is InChI=1S/C25H26N2O/c28-24(22-17-25(22)12-14-26-15-13-25)27-23(19-7-2-1-3-8-19)21-11-10-18-6-4-5-9-20(18)16-21/h1-11,16,22-23,26H,12-15,17H2,(H,27,28). The Labute approximate surface area is 166 Å². The van der Waals surface area contributed by atoms with E-state index in [-0.39, 0.29) is 23.3 Å². The molecule has 2 atom stereocenters. The van der Waals surface area contributed by atoms with E-state index >= 15 is 0 Å².